The summed E-state index contributed by atoms with van der Waals surface area (Å²) < 4.78 is 12.8. The SMILES string of the molecule is CN(C)CC1CC(O)CN1CC(=O)Cc1ccc(F)cc1. The van der Waals surface area contributed by atoms with Gasteiger partial charge in [0.05, 0.1) is 12.6 Å². The Labute approximate surface area is 125 Å². The van der Waals surface area contributed by atoms with Crippen molar-refractivity contribution in [2.24, 2.45) is 0 Å². The molecule has 1 aliphatic heterocycles. The third-order valence-electron chi connectivity index (χ3n) is 3.78. The van der Waals surface area contributed by atoms with E-state index in [4.69, 9.17) is 0 Å². The van der Waals surface area contributed by atoms with E-state index in [9.17, 15) is 14.3 Å². The summed E-state index contributed by atoms with van der Waals surface area (Å²) >= 11 is 0. The zero-order valence-electron chi connectivity index (χ0n) is 12.6. The Morgan fingerprint density at radius 2 is 2.05 bits per heavy atom. The number of benzene rings is 1. The minimum absolute atomic E-state index is 0.0967. The summed E-state index contributed by atoms with van der Waals surface area (Å²) in [5.74, 6) is -0.195. The Hall–Kier alpha value is -1.30. The van der Waals surface area contributed by atoms with E-state index in [1.165, 1.54) is 12.1 Å². The normalized spacial score (nSPS) is 22.9. The van der Waals surface area contributed by atoms with Crippen LogP contribution in [0.25, 0.3) is 0 Å². The molecule has 1 heterocycles. The van der Waals surface area contributed by atoms with Gasteiger partial charge < -0.3 is 10.0 Å². The molecule has 1 aliphatic rings. The first-order valence-corrected chi connectivity index (χ1v) is 7.27. The van der Waals surface area contributed by atoms with E-state index in [1.54, 1.807) is 12.1 Å². The lowest BCUT2D eigenvalue weighted by Gasteiger charge is -2.26. The Bertz CT molecular complexity index is 476. The van der Waals surface area contributed by atoms with Gasteiger partial charge in [0.25, 0.3) is 0 Å². The predicted octanol–water partition coefficient (Wildman–Crippen LogP) is 0.934. The van der Waals surface area contributed by atoms with Crippen molar-refractivity contribution in [1.82, 2.24) is 9.80 Å². The lowest BCUT2D eigenvalue weighted by molar-refractivity contribution is -0.119. The van der Waals surface area contributed by atoms with E-state index in [2.05, 4.69) is 9.80 Å². The molecule has 1 fully saturated rings. The summed E-state index contributed by atoms with van der Waals surface area (Å²) in [6.45, 7) is 1.72. The second-order valence-electron chi connectivity index (χ2n) is 6.08. The predicted molar refractivity (Wildman–Crippen MR) is 79.6 cm³/mol. The molecule has 5 heteroatoms. The molecule has 0 radical (unpaired) electrons. The van der Waals surface area contributed by atoms with Crippen LogP contribution in [0.1, 0.15) is 12.0 Å². The van der Waals surface area contributed by atoms with E-state index < -0.39 is 0 Å². The first-order chi connectivity index (χ1) is 9.94. The summed E-state index contributed by atoms with van der Waals surface area (Å²) in [4.78, 5) is 16.3. The number of rotatable bonds is 6. The van der Waals surface area contributed by atoms with Gasteiger partial charge in [0.1, 0.15) is 5.82 Å². The highest BCUT2D eigenvalue weighted by Gasteiger charge is 2.32. The van der Waals surface area contributed by atoms with Crippen molar-refractivity contribution >= 4 is 5.78 Å². The summed E-state index contributed by atoms with van der Waals surface area (Å²) in [5.41, 5.74) is 0.824. The maximum absolute atomic E-state index is 12.8. The molecule has 1 N–H and O–H groups in total. The van der Waals surface area contributed by atoms with Gasteiger partial charge in [0.2, 0.25) is 0 Å². The van der Waals surface area contributed by atoms with Gasteiger partial charge >= 0.3 is 0 Å². The van der Waals surface area contributed by atoms with Crippen LogP contribution in [-0.2, 0) is 11.2 Å². The number of hydrogen-bond donors (Lipinski definition) is 1. The molecule has 116 valence electrons. The highest BCUT2D eigenvalue weighted by molar-refractivity contribution is 5.82. The highest BCUT2D eigenvalue weighted by Crippen LogP contribution is 2.18. The summed E-state index contributed by atoms with van der Waals surface area (Å²) in [6.07, 6.45) is 0.664. The number of halogens is 1. The first-order valence-electron chi connectivity index (χ1n) is 7.27. The van der Waals surface area contributed by atoms with Crippen LogP contribution in [0.5, 0.6) is 0 Å². The van der Waals surface area contributed by atoms with Gasteiger partial charge in [-0.05, 0) is 38.2 Å². The van der Waals surface area contributed by atoms with Crippen molar-refractivity contribution < 1.29 is 14.3 Å². The second-order valence-corrected chi connectivity index (χ2v) is 6.08. The van der Waals surface area contributed by atoms with Crippen LogP contribution >= 0.6 is 0 Å². The lowest BCUT2D eigenvalue weighted by atomic mass is 10.1. The minimum Gasteiger partial charge on any atom is -0.392 e. The molecule has 1 saturated heterocycles. The van der Waals surface area contributed by atoms with E-state index in [0.717, 1.165) is 12.1 Å². The van der Waals surface area contributed by atoms with Gasteiger partial charge in [0.15, 0.2) is 5.78 Å². The fourth-order valence-corrected chi connectivity index (χ4v) is 2.87. The number of aliphatic hydroxyl groups excluding tert-OH is 1. The first kappa shape index (κ1) is 16.1. The molecule has 2 atom stereocenters. The maximum atomic E-state index is 12.8. The number of hydrogen-bond acceptors (Lipinski definition) is 4. The van der Waals surface area contributed by atoms with Crippen LogP contribution in [-0.4, -0.2) is 66.6 Å². The molecule has 4 nitrogen and oxygen atoms in total. The number of Topliss-reactive ketones (excluding diaryl/α,β-unsaturated/α-hetero) is 1. The Morgan fingerprint density at radius 1 is 1.38 bits per heavy atom. The van der Waals surface area contributed by atoms with Crippen molar-refractivity contribution in [3.8, 4) is 0 Å². The number of ketones is 1. The van der Waals surface area contributed by atoms with Crippen LogP contribution in [0.2, 0.25) is 0 Å². The fraction of sp³-hybridized carbons (Fsp3) is 0.562. The van der Waals surface area contributed by atoms with E-state index in [1.807, 2.05) is 14.1 Å². The fourth-order valence-electron chi connectivity index (χ4n) is 2.87. The topological polar surface area (TPSA) is 43.8 Å². The van der Waals surface area contributed by atoms with Gasteiger partial charge in [-0.2, -0.15) is 0 Å². The summed E-state index contributed by atoms with van der Waals surface area (Å²) in [7, 11) is 3.98. The summed E-state index contributed by atoms with van der Waals surface area (Å²) in [6, 6.07) is 6.24. The second kappa shape index (κ2) is 7.11. The van der Waals surface area contributed by atoms with Gasteiger partial charge in [0, 0.05) is 25.6 Å². The molecular formula is C16H23FN2O2. The maximum Gasteiger partial charge on any atom is 0.151 e. The minimum atomic E-state index is -0.353. The highest BCUT2D eigenvalue weighted by atomic mass is 19.1. The van der Waals surface area contributed by atoms with Crippen molar-refractivity contribution in [2.45, 2.75) is 25.0 Å². The molecule has 0 aliphatic carbocycles. The van der Waals surface area contributed by atoms with Crippen LogP contribution in [0, 0.1) is 5.82 Å². The average molecular weight is 294 g/mol. The zero-order valence-corrected chi connectivity index (χ0v) is 12.6. The molecule has 2 unspecified atom stereocenters. The van der Waals surface area contributed by atoms with Crippen LogP contribution < -0.4 is 0 Å². The molecule has 21 heavy (non-hydrogen) atoms. The van der Waals surface area contributed by atoms with Crippen LogP contribution in [0.4, 0.5) is 4.39 Å². The molecular weight excluding hydrogens is 271 g/mol. The summed E-state index contributed by atoms with van der Waals surface area (Å²) in [5, 5.41) is 9.80. The van der Waals surface area contributed by atoms with Crippen molar-refractivity contribution in [3.05, 3.63) is 35.6 Å². The third-order valence-corrected chi connectivity index (χ3v) is 3.78. The standard InChI is InChI=1S/C16H23FN2O2/c1-18(2)9-14-8-16(21)11-19(14)10-15(20)7-12-3-5-13(17)6-4-12/h3-6,14,16,21H,7-11H2,1-2H3. The molecule has 0 spiro atoms. The van der Waals surface area contributed by atoms with Gasteiger partial charge in [-0.3, -0.25) is 9.69 Å². The quantitative estimate of drug-likeness (QED) is 0.848. The Kier molecular flexibility index (Phi) is 5.45. The average Bonchev–Trinajstić information content (AvgIpc) is 2.71. The number of carbonyl (C=O) groups excluding carboxylic acids is 1. The Balaban J connectivity index is 1.90. The molecule has 0 aromatic heterocycles. The van der Waals surface area contributed by atoms with Crippen molar-refractivity contribution in [2.75, 3.05) is 33.7 Å². The molecule has 0 amide bonds. The number of carbonyl (C=O) groups is 1. The number of nitrogens with zero attached hydrogens (tertiary/aromatic N) is 2. The molecule has 0 saturated carbocycles. The van der Waals surface area contributed by atoms with Gasteiger partial charge in [-0.1, -0.05) is 12.1 Å². The van der Waals surface area contributed by atoms with Crippen molar-refractivity contribution in [1.29, 1.82) is 0 Å². The van der Waals surface area contributed by atoms with Gasteiger partial charge in [-0.25, -0.2) is 4.39 Å². The van der Waals surface area contributed by atoms with Crippen molar-refractivity contribution in [3.63, 3.8) is 0 Å². The number of aliphatic hydroxyl groups is 1. The number of likely N-dealkylation sites (N-methyl/N-ethyl adjacent to an activating group) is 1. The van der Waals surface area contributed by atoms with E-state index in [-0.39, 0.29) is 23.7 Å². The number of likely N-dealkylation sites (tertiary alicyclic amines) is 1. The molecule has 0 bridgehead atoms. The third kappa shape index (κ3) is 4.88. The largest absolute Gasteiger partial charge is 0.392 e. The monoisotopic (exact) mass is 294 g/mol. The van der Waals surface area contributed by atoms with Crippen LogP contribution in [0.3, 0.4) is 0 Å². The van der Waals surface area contributed by atoms with E-state index >= 15 is 0 Å². The molecule has 1 aromatic rings. The number of β-amino-alcohol motifs (C(OH)–C–C–N with tert-alkyl or cyclic N) is 1. The molecule has 2 rings (SSSR count). The lowest BCUT2D eigenvalue weighted by Crippen LogP contribution is -2.40. The van der Waals surface area contributed by atoms with Crippen LogP contribution in [0.15, 0.2) is 24.3 Å². The van der Waals surface area contributed by atoms with E-state index in [0.29, 0.717) is 25.9 Å². The smallest absolute Gasteiger partial charge is 0.151 e. The zero-order chi connectivity index (χ0) is 15.4. The van der Waals surface area contributed by atoms with Gasteiger partial charge in [-0.15, -0.1) is 0 Å². The Morgan fingerprint density at radius 3 is 2.67 bits per heavy atom. The molecule has 1 aromatic carbocycles.